The molecule has 2 aliphatic rings. The predicted octanol–water partition coefficient (Wildman–Crippen LogP) is 2.37. The molecule has 1 saturated heterocycles. The van der Waals surface area contributed by atoms with Gasteiger partial charge in [0.15, 0.2) is 0 Å². The molecule has 0 saturated carbocycles. The summed E-state index contributed by atoms with van der Waals surface area (Å²) in [4.78, 5) is 26.3. The maximum Gasteiger partial charge on any atom is 0.271 e. The van der Waals surface area contributed by atoms with Crippen LogP contribution in [0.4, 0.5) is 0 Å². The van der Waals surface area contributed by atoms with Crippen molar-refractivity contribution in [3.63, 3.8) is 0 Å². The van der Waals surface area contributed by atoms with E-state index in [0.29, 0.717) is 12.4 Å². The Labute approximate surface area is 169 Å². The first kappa shape index (κ1) is 17.9. The van der Waals surface area contributed by atoms with Gasteiger partial charge in [-0.25, -0.2) is 4.98 Å². The molecule has 2 atom stereocenters. The lowest BCUT2D eigenvalue weighted by Gasteiger charge is -2.38. The average molecular weight is 389 g/mol. The van der Waals surface area contributed by atoms with Crippen molar-refractivity contribution in [2.75, 3.05) is 20.2 Å². The molecule has 7 heteroatoms. The molecule has 0 unspecified atom stereocenters. The Balaban J connectivity index is 1.43. The summed E-state index contributed by atoms with van der Waals surface area (Å²) in [6.07, 6.45) is 5.54. The number of rotatable bonds is 5. The molecule has 1 fully saturated rings. The van der Waals surface area contributed by atoms with Crippen LogP contribution in [0.5, 0.6) is 5.88 Å². The highest BCUT2D eigenvalue weighted by Gasteiger charge is 2.45. The first-order valence-corrected chi connectivity index (χ1v) is 9.82. The van der Waals surface area contributed by atoms with E-state index in [2.05, 4.69) is 19.4 Å². The summed E-state index contributed by atoms with van der Waals surface area (Å²) in [5.74, 6) is 0.730. The zero-order valence-electron chi connectivity index (χ0n) is 16.3. The van der Waals surface area contributed by atoms with Crippen LogP contribution in [-0.2, 0) is 13.1 Å². The zero-order valence-corrected chi connectivity index (χ0v) is 16.3. The number of hydrogen-bond acceptors (Lipinski definition) is 5. The molecule has 5 rings (SSSR count). The van der Waals surface area contributed by atoms with E-state index in [1.54, 1.807) is 19.5 Å². The summed E-state index contributed by atoms with van der Waals surface area (Å²) in [6.45, 7) is 2.94. The van der Waals surface area contributed by atoms with Crippen LogP contribution in [0.15, 0.2) is 61.1 Å². The largest absolute Gasteiger partial charge is 0.481 e. The summed E-state index contributed by atoms with van der Waals surface area (Å²) in [5.41, 5.74) is 2.72. The molecule has 0 spiro atoms. The first-order valence-electron chi connectivity index (χ1n) is 9.82. The second kappa shape index (κ2) is 7.33. The fourth-order valence-electron chi connectivity index (χ4n) is 4.54. The van der Waals surface area contributed by atoms with Gasteiger partial charge in [-0.2, -0.15) is 0 Å². The summed E-state index contributed by atoms with van der Waals surface area (Å²) in [6, 6.07) is 14.0. The predicted molar refractivity (Wildman–Crippen MR) is 107 cm³/mol. The molecule has 2 aliphatic heterocycles. The Bertz CT molecular complexity index is 1020. The van der Waals surface area contributed by atoms with Crippen molar-refractivity contribution in [1.82, 2.24) is 24.3 Å². The summed E-state index contributed by atoms with van der Waals surface area (Å²) in [5, 5.41) is 0. The number of fused-ring (bicyclic) bond motifs is 3. The Morgan fingerprint density at radius 3 is 2.69 bits per heavy atom. The molecule has 0 aromatic carbocycles. The Kier molecular flexibility index (Phi) is 4.52. The smallest absolute Gasteiger partial charge is 0.271 e. The van der Waals surface area contributed by atoms with Crippen molar-refractivity contribution in [2.24, 2.45) is 0 Å². The molecule has 0 radical (unpaired) electrons. The molecule has 1 amide bonds. The third-order valence-electron chi connectivity index (χ3n) is 5.85. The van der Waals surface area contributed by atoms with E-state index in [4.69, 9.17) is 4.74 Å². The van der Waals surface area contributed by atoms with E-state index in [-0.39, 0.29) is 18.0 Å². The zero-order chi connectivity index (χ0) is 19.8. The van der Waals surface area contributed by atoms with Crippen molar-refractivity contribution in [1.29, 1.82) is 0 Å². The average Bonchev–Trinajstić information content (AvgIpc) is 3.39. The minimum atomic E-state index is 0.0720. The topological polar surface area (TPSA) is 63.5 Å². The van der Waals surface area contributed by atoms with Gasteiger partial charge in [0.25, 0.3) is 5.91 Å². The molecule has 7 nitrogen and oxygen atoms in total. The maximum absolute atomic E-state index is 13.2. The van der Waals surface area contributed by atoms with E-state index < -0.39 is 0 Å². The lowest BCUT2D eigenvalue weighted by Crippen LogP contribution is -2.49. The van der Waals surface area contributed by atoms with Crippen LogP contribution < -0.4 is 4.74 Å². The minimum Gasteiger partial charge on any atom is -0.481 e. The van der Waals surface area contributed by atoms with Crippen LogP contribution >= 0.6 is 0 Å². The Morgan fingerprint density at radius 2 is 1.86 bits per heavy atom. The van der Waals surface area contributed by atoms with Gasteiger partial charge in [0.2, 0.25) is 5.88 Å². The van der Waals surface area contributed by atoms with Crippen LogP contribution in [0, 0.1) is 0 Å². The molecular formula is C22H23N5O2. The van der Waals surface area contributed by atoms with Gasteiger partial charge in [-0.15, -0.1) is 0 Å². The summed E-state index contributed by atoms with van der Waals surface area (Å²) < 4.78 is 7.56. The number of carbonyl (C=O) groups is 1. The third kappa shape index (κ3) is 3.17. The fraction of sp³-hybridized carbons (Fsp3) is 0.318. The van der Waals surface area contributed by atoms with Crippen molar-refractivity contribution in [2.45, 2.75) is 25.2 Å². The third-order valence-corrected chi connectivity index (χ3v) is 5.85. The number of pyridine rings is 2. The lowest BCUT2D eigenvalue weighted by molar-refractivity contribution is 0.0553. The second-order valence-corrected chi connectivity index (χ2v) is 7.56. The number of likely N-dealkylation sites (tertiary alicyclic amines) is 1. The van der Waals surface area contributed by atoms with Gasteiger partial charge < -0.3 is 14.2 Å². The number of hydrogen-bond donors (Lipinski definition) is 0. The SMILES string of the molecule is COc1ncccc1CN1C[C@@H]2[C@H](C1)n1cccc1C(=O)N2Cc1ccccn1. The second-order valence-electron chi connectivity index (χ2n) is 7.56. The molecule has 0 N–H and O–H groups in total. The molecule has 3 aromatic rings. The molecule has 29 heavy (non-hydrogen) atoms. The molecule has 0 bridgehead atoms. The van der Waals surface area contributed by atoms with Gasteiger partial charge in [-0.05, 0) is 30.3 Å². The van der Waals surface area contributed by atoms with E-state index in [0.717, 1.165) is 36.6 Å². The molecule has 0 aliphatic carbocycles. The summed E-state index contributed by atoms with van der Waals surface area (Å²) >= 11 is 0. The molecule has 148 valence electrons. The monoisotopic (exact) mass is 389 g/mol. The maximum atomic E-state index is 13.2. The number of nitrogens with zero attached hydrogens (tertiary/aromatic N) is 5. The van der Waals surface area contributed by atoms with E-state index in [1.807, 2.05) is 53.6 Å². The quantitative estimate of drug-likeness (QED) is 0.670. The normalized spacial score (nSPS) is 21.1. The minimum absolute atomic E-state index is 0.0720. The highest BCUT2D eigenvalue weighted by molar-refractivity contribution is 5.94. The van der Waals surface area contributed by atoms with E-state index in [1.165, 1.54) is 0 Å². The number of ether oxygens (including phenoxy) is 1. The fourth-order valence-corrected chi connectivity index (χ4v) is 4.54. The van der Waals surface area contributed by atoms with Crippen molar-refractivity contribution in [3.05, 3.63) is 78.0 Å². The molecule has 3 aromatic heterocycles. The van der Waals surface area contributed by atoms with Gasteiger partial charge in [0.1, 0.15) is 5.69 Å². The lowest BCUT2D eigenvalue weighted by atomic mass is 10.1. The summed E-state index contributed by atoms with van der Waals surface area (Å²) in [7, 11) is 1.65. The number of methoxy groups -OCH3 is 1. The van der Waals surface area contributed by atoms with Crippen molar-refractivity contribution in [3.8, 4) is 5.88 Å². The first-order chi connectivity index (χ1) is 14.2. The van der Waals surface area contributed by atoms with Crippen LogP contribution in [0.3, 0.4) is 0 Å². The van der Waals surface area contributed by atoms with Crippen LogP contribution in [0.25, 0.3) is 0 Å². The van der Waals surface area contributed by atoms with Crippen LogP contribution in [-0.4, -0.2) is 56.5 Å². The van der Waals surface area contributed by atoms with Crippen molar-refractivity contribution >= 4 is 5.91 Å². The van der Waals surface area contributed by atoms with Crippen LogP contribution in [0.2, 0.25) is 0 Å². The van der Waals surface area contributed by atoms with Gasteiger partial charge in [0.05, 0.1) is 31.4 Å². The molecular weight excluding hydrogens is 366 g/mol. The van der Waals surface area contributed by atoms with E-state index >= 15 is 0 Å². The van der Waals surface area contributed by atoms with Gasteiger partial charge in [0, 0.05) is 43.8 Å². The molecule has 5 heterocycles. The standard InChI is InChI=1S/C22H23N5O2/c1-29-21-16(6-4-10-24-21)12-25-14-19-20(15-25)27(13-17-7-2-3-9-23-17)22(28)18-8-5-11-26(18)19/h2-11,19-20H,12-15H2,1H3/t19-,20+/m0/s1. The highest BCUT2D eigenvalue weighted by Crippen LogP contribution is 2.35. The van der Waals surface area contributed by atoms with E-state index in [9.17, 15) is 4.79 Å². The number of aromatic nitrogens is 3. The Morgan fingerprint density at radius 1 is 1.00 bits per heavy atom. The number of carbonyl (C=O) groups excluding carboxylic acids is 1. The Hall–Kier alpha value is -3.19. The number of amides is 1. The van der Waals surface area contributed by atoms with Crippen molar-refractivity contribution < 1.29 is 9.53 Å². The van der Waals surface area contributed by atoms with Gasteiger partial charge >= 0.3 is 0 Å². The van der Waals surface area contributed by atoms with Gasteiger partial charge in [-0.1, -0.05) is 12.1 Å². The highest BCUT2D eigenvalue weighted by atomic mass is 16.5. The van der Waals surface area contributed by atoms with Gasteiger partial charge in [-0.3, -0.25) is 14.7 Å². The van der Waals surface area contributed by atoms with Crippen LogP contribution in [0.1, 0.15) is 27.8 Å².